The van der Waals surface area contributed by atoms with Crippen LogP contribution in [0.25, 0.3) is 11.1 Å². The van der Waals surface area contributed by atoms with Crippen LogP contribution in [0.15, 0.2) is 76.5 Å². The lowest BCUT2D eigenvalue weighted by atomic mass is 10.1. The highest BCUT2D eigenvalue weighted by molar-refractivity contribution is 7.98. The molecule has 0 N–H and O–H groups in total. The van der Waals surface area contributed by atoms with E-state index in [0.717, 1.165) is 28.9 Å². The van der Waals surface area contributed by atoms with Crippen LogP contribution in [0.5, 0.6) is 0 Å². The van der Waals surface area contributed by atoms with Crippen LogP contribution in [0, 0.1) is 0 Å². The van der Waals surface area contributed by atoms with E-state index in [-0.39, 0.29) is 5.91 Å². The number of thioether (sulfide) groups is 1. The molecular weight excluding hydrogens is 477 g/mol. The van der Waals surface area contributed by atoms with Gasteiger partial charge in [-0.1, -0.05) is 42.1 Å². The van der Waals surface area contributed by atoms with Crippen LogP contribution in [0.2, 0.25) is 0 Å². The van der Waals surface area contributed by atoms with Crippen LogP contribution < -0.4 is 4.90 Å². The van der Waals surface area contributed by atoms with Crippen molar-refractivity contribution < 1.29 is 22.4 Å². The molecule has 6 nitrogen and oxygen atoms in total. The standard InChI is InChI=1S/C25H21F3N4O2S/c26-25(27,28)18-9-10-22(29-15-18)31-11-13-32(14-12-31)23(33)19-6-2-1-5-17(19)16-35-24-30-20-7-3-4-8-21(20)34-24/h1-10,15H,11-14,16H2. The van der Waals surface area contributed by atoms with Gasteiger partial charge in [0.2, 0.25) is 0 Å². The number of nitrogens with zero attached hydrogens (tertiary/aromatic N) is 4. The third-order valence-corrected chi connectivity index (χ3v) is 6.72. The maximum atomic E-state index is 13.3. The van der Waals surface area contributed by atoms with Crippen molar-refractivity contribution in [1.82, 2.24) is 14.9 Å². The zero-order chi connectivity index (χ0) is 24.4. The Labute approximate surface area is 203 Å². The summed E-state index contributed by atoms with van der Waals surface area (Å²) >= 11 is 1.43. The molecule has 4 aromatic rings. The van der Waals surface area contributed by atoms with Gasteiger partial charge in [-0.05, 0) is 35.9 Å². The Morgan fingerprint density at radius 3 is 2.43 bits per heavy atom. The molecule has 3 heterocycles. The number of hydrogen-bond donors (Lipinski definition) is 0. The molecule has 5 rings (SSSR count). The normalized spacial score (nSPS) is 14.5. The van der Waals surface area contributed by atoms with E-state index >= 15 is 0 Å². The van der Waals surface area contributed by atoms with Gasteiger partial charge in [0.05, 0.1) is 5.56 Å². The summed E-state index contributed by atoms with van der Waals surface area (Å²) in [5.74, 6) is 0.934. The molecule has 0 unspecified atom stereocenters. The highest BCUT2D eigenvalue weighted by Gasteiger charge is 2.31. The average Bonchev–Trinajstić information content (AvgIpc) is 3.30. The molecule has 0 radical (unpaired) electrons. The van der Waals surface area contributed by atoms with E-state index in [1.54, 1.807) is 4.90 Å². The van der Waals surface area contributed by atoms with Gasteiger partial charge in [0.1, 0.15) is 11.3 Å². The Morgan fingerprint density at radius 1 is 0.971 bits per heavy atom. The number of hydrogen-bond acceptors (Lipinski definition) is 6. The van der Waals surface area contributed by atoms with Crippen LogP contribution in [-0.2, 0) is 11.9 Å². The summed E-state index contributed by atoms with van der Waals surface area (Å²) in [6.07, 6.45) is -3.57. The van der Waals surface area contributed by atoms with E-state index in [2.05, 4.69) is 9.97 Å². The van der Waals surface area contributed by atoms with Crippen molar-refractivity contribution in [3.63, 3.8) is 0 Å². The van der Waals surface area contributed by atoms with Gasteiger partial charge >= 0.3 is 6.18 Å². The first-order valence-corrected chi connectivity index (χ1v) is 12.0. The number of anilines is 1. The smallest absolute Gasteiger partial charge is 0.417 e. The number of oxazole rings is 1. The number of para-hydroxylation sites is 2. The van der Waals surface area contributed by atoms with Crippen molar-refractivity contribution in [2.45, 2.75) is 17.2 Å². The second kappa shape index (κ2) is 9.61. The molecule has 180 valence electrons. The second-order valence-corrected chi connectivity index (χ2v) is 9.00. The van der Waals surface area contributed by atoms with Crippen molar-refractivity contribution in [3.8, 4) is 0 Å². The van der Waals surface area contributed by atoms with Gasteiger partial charge in [0, 0.05) is 43.7 Å². The van der Waals surface area contributed by atoms with Gasteiger partial charge in [-0.25, -0.2) is 9.97 Å². The number of amides is 1. The number of fused-ring (bicyclic) bond motifs is 1. The van der Waals surface area contributed by atoms with Gasteiger partial charge in [-0.3, -0.25) is 4.79 Å². The first-order valence-electron chi connectivity index (χ1n) is 11.0. The fourth-order valence-corrected chi connectivity index (χ4v) is 4.80. The van der Waals surface area contributed by atoms with Crippen molar-refractivity contribution in [2.24, 2.45) is 0 Å². The Hall–Kier alpha value is -3.53. The van der Waals surface area contributed by atoms with Crippen LogP contribution in [0.4, 0.5) is 19.0 Å². The first kappa shape index (κ1) is 23.2. The highest BCUT2D eigenvalue weighted by atomic mass is 32.2. The van der Waals surface area contributed by atoms with E-state index in [1.165, 1.54) is 17.8 Å². The Balaban J connectivity index is 1.22. The third kappa shape index (κ3) is 5.12. The number of piperazine rings is 1. The number of carbonyl (C=O) groups excluding carboxylic acids is 1. The molecule has 1 aliphatic rings. The topological polar surface area (TPSA) is 62.5 Å². The molecule has 0 bridgehead atoms. The van der Waals surface area contributed by atoms with E-state index in [9.17, 15) is 18.0 Å². The Bertz CT molecular complexity index is 1300. The summed E-state index contributed by atoms with van der Waals surface area (Å²) in [4.78, 5) is 25.4. The fourth-order valence-electron chi connectivity index (χ4n) is 3.96. The molecule has 10 heteroatoms. The number of rotatable bonds is 5. The summed E-state index contributed by atoms with van der Waals surface area (Å²) in [6.45, 7) is 1.89. The van der Waals surface area contributed by atoms with Crippen molar-refractivity contribution >= 4 is 34.6 Å². The minimum atomic E-state index is -4.41. The number of alkyl halides is 3. The number of aromatic nitrogens is 2. The van der Waals surface area contributed by atoms with Crippen LogP contribution in [0.1, 0.15) is 21.5 Å². The minimum absolute atomic E-state index is 0.0706. The predicted octanol–water partition coefficient (Wildman–Crippen LogP) is 5.50. The highest BCUT2D eigenvalue weighted by Crippen LogP contribution is 2.30. The van der Waals surface area contributed by atoms with Crippen LogP contribution in [0.3, 0.4) is 0 Å². The molecule has 1 fully saturated rings. The monoisotopic (exact) mass is 498 g/mol. The molecule has 2 aromatic carbocycles. The maximum Gasteiger partial charge on any atom is 0.417 e. The summed E-state index contributed by atoms with van der Waals surface area (Å²) < 4.78 is 44.1. The Kier molecular flexibility index (Phi) is 6.38. The van der Waals surface area contributed by atoms with Crippen molar-refractivity contribution in [1.29, 1.82) is 0 Å². The largest absolute Gasteiger partial charge is 0.431 e. The van der Waals surface area contributed by atoms with E-state index in [0.29, 0.717) is 48.5 Å². The number of pyridine rings is 1. The van der Waals surface area contributed by atoms with Gasteiger partial charge < -0.3 is 14.2 Å². The lowest BCUT2D eigenvalue weighted by Gasteiger charge is -2.35. The third-order valence-electron chi connectivity index (χ3n) is 5.84. The number of carbonyl (C=O) groups is 1. The lowest BCUT2D eigenvalue weighted by Crippen LogP contribution is -2.49. The van der Waals surface area contributed by atoms with E-state index in [1.807, 2.05) is 53.4 Å². The molecule has 35 heavy (non-hydrogen) atoms. The summed E-state index contributed by atoms with van der Waals surface area (Å²) in [5.41, 5.74) is 2.25. The van der Waals surface area contributed by atoms with E-state index in [4.69, 9.17) is 4.42 Å². The lowest BCUT2D eigenvalue weighted by molar-refractivity contribution is -0.137. The molecule has 1 aliphatic heterocycles. The van der Waals surface area contributed by atoms with Crippen LogP contribution in [-0.4, -0.2) is 47.0 Å². The van der Waals surface area contributed by atoms with Gasteiger partial charge in [-0.15, -0.1) is 0 Å². The molecule has 1 saturated heterocycles. The van der Waals surface area contributed by atoms with Crippen molar-refractivity contribution in [3.05, 3.63) is 83.6 Å². The zero-order valence-corrected chi connectivity index (χ0v) is 19.4. The number of benzene rings is 2. The molecule has 0 atom stereocenters. The summed E-state index contributed by atoms with van der Waals surface area (Å²) in [6, 6.07) is 17.4. The number of halogens is 3. The van der Waals surface area contributed by atoms with Gasteiger partial charge in [0.15, 0.2) is 5.58 Å². The zero-order valence-electron chi connectivity index (χ0n) is 18.5. The SMILES string of the molecule is O=C(c1ccccc1CSc1nc2ccccc2o1)N1CCN(c2ccc(C(F)(F)F)cn2)CC1. The summed E-state index contributed by atoms with van der Waals surface area (Å²) in [5, 5.41) is 0.547. The van der Waals surface area contributed by atoms with Crippen molar-refractivity contribution in [2.75, 3.05) is 31.1 Å². The molecule has 2 aromatic heterocycles. The van der Waals surface area contributed by atoms with Crippen LogP contribution >= 0.6 is 11.8 Å². The molecule has 0 saturated carbocycles. The molecule has 0 spiro atoms. The quantitative estimate of drug-likeness (QED) is 0.339. The molecular formula is C25H21F3N4O2S. The maximum absolute atomic E-state index is 13.3. The van der Waals surface area contributed by atoms with E-state index < -0.39 is 11.7 Å². The average molecular weight is 499 g/mol. The summed E-state index contributed by atoms with van der Waals surface area (Å²) in [7, 11) is 0. The predicted molar refractivity (Wildman–Crippen MR) is 127 cm³/mol. The van der Waals surface area contributed by atoms with Gasteiger partial charge in [0.25, 0.3) is 11.1 Å². The molecule has 1 amide bonds. The van der Waals surface area contributed by atoms with Gasteiger partial charge in [-0.2, -0.15) is 13.2 Å². The molecule has 0 aliphatic carbocycles. The fraction of sp³-hybridized carbons (Fsp3) is 0.240. The Morgan fingerprint density at radius 2 is 1.71 bits per heavy atom. The minimum Gasteiger partial charge on any atom is -0.431 e. The second-order valence-electron chi connectivity index (χ2n) is 8.08. The first-order chi connectivity index (χ1) is 16.9.